The molecule has 1 aliphatic rings. The van der Waals surface area contributed by atoms with Crippen molar-refractivity contribution in [2.24, 2.45) is 0 Å². The van der Waals surface area contributed by atoms with Gasteiger partial charge in [-0.2, -0.15) is 16.7 Å². The summed E-state index contributed by atoms with van der Waals surface area (Å²) >= 11 is 1.93. The molecule has 1 N–H and O–H groups in total. The maximum Gasteiger partial charge on any atom is 0.244 e. The first kappa shape index (κ1) is 9.98. The van der Waals surface area contributed by atoms with E-state index in [0.717, 1.165) is 24.0 Å². The molecular weight excluding hydrogens is 198 g/mol. The molecule has 1 unspecified atom stereocenters. The average Bonchev–Trinajstić information content (AvgIpc) is 2.68. The first-order chi connectivity index (χ1) is 6.77. The molecule has 1 saturated heterocycles. The molecule has 0 amide bonds. The highest BCUT2D eigenvalue weighted by atomic mass is 32.2. The summed E-state index contributed by atoms with van der Waals surface area (Å²) in [7, 11) is 0. The fraction of sp³-hybridized carbons (Fsp3) is 0.778. The zero-order chi connectivity index (χ0) is 9.97. The fourth-order valence-corrected chi connectivity index (χ4v) is 2.27. The number of aromatic nitrogens is 2. The van der Waals surface area contributed by atoms with Gasteiger partial charge in [-0.15, -0.1) is 0 Å². The van der Waals surface area contributed by atoms with E-state index in [1.807, 2.05) is 11.8 Å². The van der Waals surface area contributed by atoms with Crippen LogP contribution in [0.4, 0.5) is 0 Å². The van der Waals surface area contributed by atoms with E-state index in [-0.39, 0.29) is 6.04 Å². The SMILES string of the molecule is CC(C)c1noc(C2CSCCN2)n1. The van der Waals surface area contributed by atoms with Crippen LogP contribution in [0.25, 0.3) is 0 Å². The van der Waals surface area contributed by atoms with Crippen molar-refractivity contribution in [2.45, 2.75) is 25.8 Å². The highest BCUT2D eigenvalue weighted by Crippen LogP contribution is 2.21. The lowest BCUT2D eigenvalue weighted by Crippen LogP contribution is -2.30. The Kier molecular flexibility index (Phi) is 3.08. The Hall–Kier alpha value is -0.550. The van der Waals surface area contributed by atoms with E-state index in [1.165, 1.54) is 5.75 Å². The van der Waals surface area contributed by atoms with Crippen molar-refractivity contribution < 1.29 is 4.52 Å². The summed E-state index contributed by atoms with van der Waals surface area (Å²) in [5.74, 6) is 4.07. The summed E-state index contributed by atoms with van der Waals surface area (Å²) in [5.41, 5.74) is 0. The summed E-state index contributed by atoms with van der Waals surface area (Å²) in [5, 5.41) is 7.33. The molecule has 2 rings (SSSR count). The Morgan fingerprint density at radius 1 is 1.57 bits per heavy atom. The molecule has 14 heavy (non-hydrogen) atoms. The molecule has 1 aromatic heterocycles. The Bertz CT molecular complexity index is 294. The van der Waals surface area contributed by atoms with Crippen LogP contribution in [0.5, 0.6) is 0 Å². The van der Waals surface area contributed by atoms with Crippen LogP contribution in [0, 0.1) is 0 Å². The number of rotatable bonds is 2. The Morgan fingerprint density at radius 2 is 2.43 bits per heavy atom. The van der Waals surface area contributed by atoms with Crippen molar-refractivity contribution in [2.75, 3.05) is 18.1 Å². The smallest absolute Gasteiger partial charge is 0.244 e. The highest BCUT2D eigenvalue weighted by Gasteiger charge is 2.21. The van der Waals surface area contributed by atoms with Crippen LogP contribution in [0.2, 0.25) is 0 Å². The number of nitrogens with one attached hydrogen (secondary N) is 1. The minimum absolute atomic E-state index is 0.244. The number of thioether (sulfide) groups is 1. The Morgan fingerprint density at radius 3 is 3.00 bits per heavy atom. The van der Waals surface area contributed by atoms with Crippen molar-refractivity contribution in [3.05, 3.63) is 11.7 Å². The van der Waals surface area contributed by atoms with Crippen LogP contribution in [0.15, 0.2) is 4.52 Å². The van der Waals surface area contributed by atoms with Gasteiger partial charge in [-0.25, -0.2) is 0 Å². The predicted octanol–water partition coefficient (Wildman–Crippen LogP) is 1.57. The molecule has 4 nitrogen and oxygen atoms in total. The third kappa shape index (κ3) is 2.09. The van der Waals surface area contributed by atoms with Crippen LogP contribution in [0.1, 0.15) is 37.5 Å². The molecule has 1 fully saturated rings. The summed E-state index contributed by atoms with van der Waals surface area (Å²) in [6.07, 6.45) is 0. The van der Waals surface area contributed by atoms with Crippen LogP contribution in [-0.2, 0) is 0 Å². The Labute approximate surface area is 87.8 Å². The van der Waals surface area contributed by atoms with Gasteiger partial charge in [-0.1, -0.05) is 19.0 Å². The lowest BCUT2D eigenvalue weighted by molar-refractivity contribution is 0.338. The van der Waals surface area contributed by atoms with E-state index in [4.69, 9.17) is 4.52 Å². The lowest BCUT2D eigenvalue weighted by Gasteiger charge is -2.19. The lowest BCUT2D eigenvalue weighted by atomic mass is 10.2. The zero-order valence-electron chi connectivity index (χ0n) is 8.49. The van der Waals surface area contributed by atoms with Crippen molar-refractivity contribution in [3.63, 3.8) is 0 Å². The monoisotopic (exact) mass is 213 g/mol. The minimum Gasteiger partial charge on any atom is -0.338 e. The molecule has 0 radical (unpaired) electrons. The largest absolute Gasteiger partial charge is 0.338 e. The zero-order valence-corrected chi connectivity index (χ0v) is 9.30. The normalized spacial score (nSPS) is 22.9. The third-order valence-corrected chi connectivity index (χ3v) is 3.26. The molecule has 2 heterocycles. The van der Waals surface area contributed by atoms with Crippen LogP contribution in [0.3, 0.4) is 0 Å². The van der Waals surface area contributed by atoms with E-state index in [9.17, 15) is 0 Å². The summed E-state index contributed by atoms with van der Waals surface area (Å²) in [4.78, 5) is 4.38. The van der Waals surface area contributed by atoms with Gasteiger partial charge in [0.1, 0.15) is 0 Å². The molecule has 5 heteroatoms. The molecule has 1 aliphatic heterocycles. The van der Waals surface area contributed by atoms with Crippen LogP contribution >= 0.6 is 11.8 Å². The van der Waals surface area contributed by atoms with Crippen molar-refractivity contribution >= 4 is 11.8 Å². The van der Waals surface area contributed by atoms with Crippen LogP contribution in [-0.4, -0.2) is 28.2 Å². The maximum absolute atomic E-state index is 5.23. The van der Waals surface area contributed by atoms with Gasteiger partial charge < -0.3 is 9.84 Å². The van der Waals surface area contributed by atoms with Crippen molar-refractivity contribution in [1.29, 1.82) is 0 Å². The third-order valence-electron chi connectivity index (χ3n) is 2.19. The topological polar surface area (TPSA) is 51.0 Å². The second kappa shape index (κ2) is 4.31. The standard InChI is InChI=1S/C9H15N3OS/c1-6(2)8-11-9(13-12-8)7-5-14-4-3-10-7/h6-7,10H,3-5H2,1-2H3. The minimum atomic E-state index is 0.244. The molecular formula is C9H15N3OS. The number of hydrogen-bond donors (Lipinski definition) is 1. The highest BCUT2D eigenvalue weighted by molar-refractivity contribution is 7.99. The van der Waals surface area contributed by atoms with E-state index in [0.29, 0.717) is 5.92 Å². The maximum atomic E-state index is 5.23. The molecule has 0 aliphatic carbocycles. The molecule has 1 aromatic rings. The molecule has 0 bridgehead atoms. The summed E-state index contributed by atoms with van der Waals surface area (Å²) in [6, 6.07) is 0.244. The molecule has 0 spiro atoms. The molecule has 1 atom stereocenters. The van der Waals surface area contributed by atoms with Gasteiger partial charge >= 0.3 is 0 Å². The number of nitrogens with zero attached hydrogens (tertiary/aromatic N) is 2. The van der Waals surface area contributed by atoms with Crippen molar-refractivity contribution in [1.82, 2.24) is 15.5 Å². The first-order valence-corrected chi connectivity index (χ1v) is 6.07. The van der Waals surface area contributed by atoms with Crippen LogP contribution < -0.4 is 5.32 Å². The van der Waals surface area contributed by atoms with E-state index in [1.54, 1.807) is 0 Å². The molecule has 0 aromatic carbocycles. The second-order valence-corrected chi connectivity index (χ2v) is 4.88. The van der Waals surface area contributed by atoms with E-state index < -0.39 is 0 Å². The fourth-order valence-electron chi connectivity index (χ4n) is 1.35. The number of hydrogen-bond acceptors (Lipinski definition) is 5. The second-order valence-electron chi connectivity index (χ2n) is 3.73. The van der Waals surface area contributed by atoms with E-state index >= 15 is 0 Å². The van der Waals surface area contributed by atoms with Gasteiger partial charge in [-0.3, -0.25) is 0 Å². The van der Waals surface area contributed by atoms with Gasteiger partial charge in [0, 0.05) is 24.0 Å². The summed E-state index contributed by atoms with van der Waals surface area (Å²) in [6.45, 7) is 5.16. The molecule has 78 valence electrons. The van der Waals surface area contributed by atoms with Gasteiger partial charge in [0.05, 0.1) is 6.04 Å². The molecule has 0 saturated carbocycles. The van der Waals surface area contributed by atoms with Crippen molar-refractivity contribution in [3.8, 4) is 0 Å². The average molecular weight is 213 g/mol. The quantitative estimate of drug-likeness (QED) is 0.808. The summed E-state index contributed by atoms with van der Waals surface area (Å²) < 4.78 is 5.23. The van der Waals surface area contributed by atoms with Gasteiger partial charge in [0.25, 0.3) is 0 Å². The van der Waals surface area contributed by atoms with Gasteiger partial charge in [-0.05, 0) is 0 Å². The van der Waals surface area contributed by atoms with E-state index in [2.05, 4.69) is 29.3 Å². The van der Waals surface area contributed by atoms with Gasteiger partial charge in [0.15, 0.2) is 5.82 Å². The first-order valence-electron chi connectivity index (χ1n) is 4.92. The predicted molar refractivity (Wildman–Crippen MR) is 56.5 cm³/mol. The van der Waals surface area contributed by atoms with Gasteiger partial charge in [0.2, 0.25) is 5.89 Å². The Balaban J connectivity index is 2.07.